The van der Waals surface area contributed by atoms with E-state index in [1.807, 2.05) is 41.9 Å². The van der Waals surface area contributed by atoms with Crippen molar-refractivity contribution in [3.8, 4) is 0 Å². The van der Waals surface area contributed by atoms with E-state index in [0.29, 0.717) is 12.1 Å². The van der Waals surface area contributed by atoms with Crippen molar-refractivity contribution in [2.45, 2.75) is 33.2 Å². The normalized spacial score (nSPS) is 12.5. The summed E-state index contributed by atoms with van der Waals surface area (Å²) in [6.07, 6.45) is 2.17. The first-order valence-corrected chi connectivity index (χ1v) is 10.0. The molecule has 29 heavy (non-hydrogen) atoms. The molecule has 1 N–H and O–H groups in total. The fraction of sp³-hybridized carbons (Fsp3) is 0.200. The number of benzene rings is 3. The summed E-state index contributed by atoms with van der Waals surface area (Å²) >= 11 is 0. The summed E-state index contributed by atoms with van der Waals surface area (Å²) in [5.74, 6) is -0.0821. The van der Waals surface area contributed by atoms with Gasteiger partial charge in [0.25, 0.3) is 5.91 Å². The first-order chi connectivity index (χ1) is 14.1. The van der Waals surface area contributed by atoms with Gasteiger partial charge in [-0.15, -0.1) is 0 Å². The number of hydrogen-bond acceptors (Lipinski definition) is 2. The molecule has 0 fully saturated rings. The zero-order chi connectivity index (χ0) is 20.0. The Hall–Kier alpha value is -3.40. The van der Waals surface area contributed by atoms with Crippen LogP contribution in [-0.2, 0) is 19.4 Å². The highest BCUT2D eigenvalue weighted by Crippen LogP contribution is 2.35. The van der Waals surface area contributed by atoms with Gasteiger partial charge in [0, 0.05) is 22.3 Å². The maximum Gasteiger partial charge on any atom is 0.255 e. The molecule has 4 aromatic rings. The van der Waals surface area contributed by atoms with Crippen LogP contribution in [-0.4, -0.2) is 15.7 Å². The van der Waals surface area contributed by atoms with Crippen molar-refractivity contribution >= 4 is 22.4 Å². The molecular formula is C25H23N3O. The van der Waals surface area contributed by atoms with Crippen molar-refractivity contribution in [3.63, 3.8) is 0 Å². The van der Waals surface area contributed by atoms with Crippen LogP contribution < -0.4 is 5.32 Å². The zero-order valence-electron chi connectivity index (χ0n) is 16.7. The van der Waals surface area contributed by atoms with E-state index in [1.165, 1.54) is 16.5 Å². The maximum atomic E-state index is 12.8. The lowest BCUT2D eigenvalue weighted by atomic mass is 10.0. The average Bonchev–Trinajstić information content (AvgIpc) is 3.28. The number of nitrogens with one attached hydrogen (secondary N) is 1. The second kappa shape index (κ2) is 6.89. The van der Waals surface area contributed by atoms with Gasteiger partial charge in [-0.25, -0.2) is 0 Å². The van der Waals surface area contributed by atoms with Crippen molar-refractivity contribution in [2.75, 3.05) is 5.32 Å². The first-order valence-electron chi connectivity index (χ1n) is 10.0. The van der Waals surface area contributed by atoms with Crippen molar-refractivity contribution < 1.29 is 4.79 Å². The highest BCUT2D eigenvalue weighted by atomic mass is 16.1. The van der Waals surface area contributed by atoms with E-state index < -0.39 is 0 Å². The van der Waals surface area contributed by atoms with Gasteiger partial charge < -0.3 is 5.32 Å². The molecule has 0 unspecified atom stereocenters. The third-order valence-electron chi connectivity index (χ3n) is 5.78. The molecule has 1 aliphatic rings. The Morgan fingerprint density at radius 1 is 1.00 bits per heavy atom. The summed E-state index contributed by atoms with van der Waals surface area (Å²) in [5, 5.41) is 10.1. The Balaban J connectivity index is 1.37. The molecule has 0 aliphatic heterocycles. The number of nitrogens with zero attached hydrogens (tertiary/aromatic N) is 2. The molecule has 1 amide bonds. The minimum Gasteiger partial charge on any atom is -0.321 e. The summed E-state index contributed by atoms with van der Waals surface area (Å²) < 4.78 is 1.98. The van der Waals surface area contributed by atoms with Crippen LogP contribution >= 0.6 is 0 Å². The van der Waals surface area contributed by atoms with Gasteiger partial charge in [0.1, 0.15) is 0 Å². The summed E-state index contributed by atoms with van der Waals surface area (Å²) in [4.78, 5) is 12.8. The molecule has 0 bridgehead atoms. The Morgan fingerprint density at radius 2 is 1.76 bits per heavy atom. The lowest BCUT2D eigenvalue weighted by Gasteiger charge is -2.11. The zero-order valence-corrected chi connectivity index (χ0v) is 16.7. The number of amides is 1. The smallest absolute Gasteiger partial charge is 0.255 e. The lowest BCUT2D eigenvalue weighted by Crippen LogP contribution is -2.12. The van der Waals surface area contributed by atoms with Crippen LogP contribution in [0.15, 0.2) is 60.7 Å². The van der Waals surface area contributed by atoms with E-state index in [0.717, 1.165) is 40.9 Å². The second-order valence-electron chi connectivity index (χ2n) is 7.85. The Labute approximate surface area is 170 Å². The molecule has 0 spiro atoms. The first kappa shape index (κ1) is 17.7. The van der Waals surface area contributed by atoms with Crippen LogP contribution in [0.1, 0.15) is 38.4 Å². The third-order valence-corrected chi connectivity index (χ3v) is 5.78. The summed E-state index contributed by atoms with van der Waals surface area (Å²) in [6, 6.07) is 20.4. The van der Waals surface area contributed by atoms with Gasteiger partial charge in [0.15, 0.2) is 0 Å². The van der Waals surface area contributed by atoms with Crippen LogP contribution in [0, 0.1) is 13.8 Å². The van der Waals surface area contributed by atoms with Crippen LogP contribution in [0.4, 0.5) is 5.69 Å². The second-order valence-corrected chi connectivity index (χ2v) is 7.85. The number of aromatic nitrogens is 2. The van der Waals surface area contributed by atoms with Crippen molar-refractivity contribution in [2.24, 2.45) is 0 Å². The van der Waals surface area contributed by atoms with Gasteiger partial charge in [-0.2, -0.15) is 5.10 Å². The fourth-order valence-corrected chi connectivity index (χ4v) is 4.32. The monoisotopic (exact) mass is 381 g/mol. The van der Waals surface area contributed by atoms with Gasteiger partial charge in [0.2, 0.25) is 0 Å². The fourth-order valence-electron chi connectivity index (χ4n) is 4.32. The van der Waals surface area contributed by atoms with Gasteiger partial charge in [-0.1, -0.05) is 36.4 Å². The van der Waals surface area contributed by atoms with Crippen molar-refractivity contribution in [3.05, 3.63) is 94.3 Å². The molecule has 1 heterocycles. The van der Waals surface area contributed by atoms with Crippen molar-refractivity contribution in [1.29, 1.82) is 0 Å². The number of carbonyl (C=O) groups excluding carboxylic acids is 1. The van der Waals surface area contributed by atoms with E-state index >= 15 is 0 Å². The van der Waals surface area contributed by atoms with E-state index in [1.54, 1.807) is 0 Å². The molecule has 4 heteroatoms. The Bertz CT molecular complexity index is 1220. The predicted molar refractivity (Wildman–Crippen MR) is 117 cm³/mol. The quantitative estimate of drug-likeness (QED) is 0.538. The summed E-state index contributed by atoms with van der Waals surface area (Å²) in [6.45, 7) is 4.76. The van der Waals surface area contributed by atoms with Crippen LogP contribution in [0.5, 0.6) is 0 Å². The van der Waals surface area contributed by atoms with E-state index in [4.69, 9.17) is 0 Å². The highest BCUT2D eigenvalue weighted by Gasteiger charge is 2.17. The topological polar surface area (TPSA) is 46.9 Å². The number of carbonyl (C=O) groups is 1. The van der Waals surface area contributed by atoms with E-state index in [9.17, 15) is 4.79 Å². The minimum absolute atomic E-state index is 0.0821. The molecule has 0 saturated carbocycles. The van der Waals surface area contributed by atoms with Gasteiger partial charge in [-0.3, -0.25) is 9.48 Å². The molecule has 144 valence electrons. The third kappa shape index (κ3) is 3.21. The maximum absolute atomic E-state index is 12.8. The van der Waals surface area contributed by atoms with Crippen LogP contribution in [0.2, 0.25) is 0 Å². The molecule has 1 aromatic heterocycles. The van der Waals surface area contributed by atoms with Gasteiger partial charge in [0.05, 0.1) is 12.2 Å². The van der Waals surface area contributed by atoms with Gasteiger partial charge >= 0.3 is 0 Å². The summed E-state index contributed by atoms with van der Waals surface area (Å²) in [7, 11) is 0. The largest absolute Gasteiger partial charge is 0.321 e. The average molecular weight is 381 g/mol. The summed E-state index contributed by atoms with van der Waals surface area (Å²) in [5.41, 5.74) is 7.57. The molecule has 0 atom stereocenters. The van der Waals surface area contributed by atoms with Crippen LogP contribution in [0.3, 0.4) is 0 Å². The molecule has 0 saturated heterocycles. The number of rotatable bonds is 4. The van der Waals surface area contributed by atoms with Crippen LogP contribution in [0.25, 0.3) is 10.8 Å². The molecule has 3 aromatic carbocycles. The lowest BCUT2D eigenvalue weighted by molar-refractivity contribution is 0.102. The molecule has 0 radical (unpaired) electrons. The minimum atomic E-state index is -0.0821. The number of hydrogen-bond donors (Lipinski definition) is 1. The molecular weight excluding hydrogens is 358 g/mol. The predicted octanol–water partition coefficient (Wildman–Crippen LogP) is 5.05. The van der Waals surface area contributed by atoms with Crippen molar-refractivity contribution in [1.82, 2.24) is 9.78 Å². The van der Waals surface area contributed by atoms with E-state index in [-0.39, 0.29) is 5.91 Å². The highest BCUT2D eigenvalue weighted by molar-refractivity contribution is 6.10. The molecule has 5 rings (SSSR count). The van der Waals surface area contributed by atoms with Gasteiger partial charge in [-0.05, 0) is 73.0 Å². The number of anilines is 1. The standard InChI is InChI=1S/C25H23N3O/c1-16-14-17(2)28(27-16)15-18-6-8-21(9-7-18)25(29)26-23-13-12-20-11-10-19-4-3-5-22(23)24(19)20/h3-9,12-14H,10-11,15H2,1-2H3,(H,26,29). The Morgan fingerprint density at radius 3 is 2.48 bits per heavy atom. The molecule has 1 aliphatic carbocycles. The van der Waals surface area contributed by atoms with E-state index in [2.05, 4.69) is 47.7 Å². The SMILES string of the molecule is Cc1cc(C)n(Cc2ccc(C(=O)Nc3ccc4c5c(cccc35)CC4)cc2)n1. The number of aryl methyl sites for hydroxylation is 4. The molecule has 4 nitrogen and oxygen atoms in total. The Kier molecular flexibility index (Phi) is 4.20.